The van der Waals surface area contributed by atoms with Crippen molar-refractivity contribution < 1.29 is 4.79 Å². The molecule has 3 aromatic rings. The number of imidazole rings is 1. The second-order valence-electron chi connectivity index (χ2n) is 10.5. The molecule has 0 saturated heterocycles. The fourth-order valence-corrected chi connectivity index (χ4v) is 5.78. The van der Waals surface area contributed by atoms with Crippen molar-refractivity contribution >= 4 is 12.0 Å². The number of carbonyl (C=O) groups is 1. The zero-order chi connectivity index (χ0) is 25.8. The molecule has 1 N–H and O–H groups in total. The van der Waals surface area contributed by atoms with E-state index in [0.717, 1.165) is 55.3 Å². The van der Waals surface area contributed by atoms with Gasteiger partial charge in [-0.05, 0) is 54.9 Å². The first kappa shape index (κ1) is 25.0. The minimum atomic E-state index is -0.475. The summed E-state index contributed by atoms with van der Waals surface area (Å²) in [5.41, 5.74) is 2.33. The average Bonchev–Trinajstić information content (AvgIpc) is 3.52. The molecular weight excluding hydrogens is 466 g/mol. The van der Waals surface area contributed by atoms with Crippen LogP contribution >= 0.6 is 0 Å². The molecule has 5 rings (SSSR count). The number of aromatic amines is 1. The molecule has 2 aliphatic rings. The standard InChI is InChI=1S/C28H35N7O2/c1-3-4-11-23-18-34(25-20(2)8-5-6-12-24(25)36)27(37)35(23)19-28(13-15-29-16-14-28)22-10-7-9-21(17-22)26-30-32-33-31-26/h7,9-10,13,15-18,20,25H,3-6,8,11-12,14,19H2,1-2H3,(H,30,31,32,33). The maximum Gasteiger partial charge on any atom is 0.329 e. The van der Waals surface area contributed by atoms with Gasteiger partial charge in [0.25, 0.3) is 0 Å². The number of benzene rings is 1. The van der Waals surface area contributed by atoms with E-state index in [4.69, 9.17) is 0 Å². The number of nitrogens with one attached hydrogen (secondary N) is 1. The number of ketones is 1. The molecule has 9 nitrogen and oxygen atoms in total. The normalized spacial score (nSPS) is 23.9. The molecule has 0 spiro atoms. The lowest BCUT2D eigenvalue weighted by atomic mass is 9.76. The van der Waals surface area contributed by atoms with Gasteiger partial charge >= 0.3 is 5.69 Å². The molecule has 3 unspecified atom stereocenters. The Morgan fingerprint density at radius 1 is 1.22 bits per heavy atom. The van der Waals surface area contributed by atoms with Gasteiger partial charge in [-0.1, -0.05) is 51.0 Å². The van der Waals surface area contributed by atoms with Gasteiger partial charge in [-0.15, -0.1) is 10.2 Å². The van der Waals surface area contributed by atoms with Crippen LogP contribution in [-0.4, -0.2) is 41.8 Å². The van der Waals surface area contributed by atoms with Gasteiger partial charge < -0.3 is 0 Å². The predicted octanol–water partition coefficient (Wildman–Crippen LogP) is 4.42. The van der Waals surface area contributed by atoms with Crippen molar-refractivity contribution in [3.8, 4) is 11.4 Å². The third-order valence-corrected chi connectivity index (χ3v) is 7.90. The van der Waals surface area contributed by atoms with Gasteiger partial charge in [-0.25, -0.2) is 4.79 Å². The maximum atomic E-state index is 14.0. The molecule has 1 aliphatic heterocycles. The summed E-state index contributed by atoms with van der Waals surface area (Å²) >= 11 is 0. The first-order valence-electron chi connectivity index (χ1n) is 13.4. The zero-order valence-electron chi connectivity index (χ0n) is 21.6. The fraction of sp³-hybridized carbons (Fsp3) is 0.500. The van der Waals surface area contributed by atoms with Gasteiger partial charge in [0.15, 0.2) is 5.78 Å². The molecule has 3 heterocycles. The molecule has 9 heteroatoms. The van der Waals surface area contributed by atoms with Gasteiger partial charge in [-0.3, -0.25) is 18.9 Å². The van der Waals surface area contributed by atoms with Gasteiger partial charge in [0.05, 0.1) is 6.04 Å². The Morgan fingerprint density at radius 2 is 2.11 bits per heavy atom. The lowest BCUT2D eigenvalue weighted by molar-refractivity contribution is -0.123. The fourth-order valence-electron chi connectivity index (χ4n) is 5.78. The molecule has 1 aromatic carbocycles. The van der Waals surface area contributed by atoms with Crippen molar-refractivity contribution in [2.75, 3.05) is 0 Å². The Balaban J connectivity index is 1.59. The number of unbranched alkanes of at least 4 members (excludes halogenated alkanes) is 1. The van der Waals surface area contributed by atoms with Crippen LogP contribution in [0.5, 0.6) is 0 Å². The first-order chi connectivity index (χ1) is 18.0. The third-order valence-electron chi connectivity index (χ3n) is 7.90. The van der Waals surface area contributed by atoms with Gasteiger partial charge in [0, 0.05) is 48.2 Å². The van der Waals surface area contributed by atoms with E-state index in [1.165, 1.54) is 0 Å². The van der Waals surface area contributed by atoms with Crippen LogP contribution in [0.15, 0.2) is 52.5 Å². The minimum Gasteiger partial charge on any atom is -0.297 e. The number of rotatable bonds is 8. The Hall–Kier alpha value is -3.62. The Bertz CT molecular complexity index is 1350. The number of Topliss-reactive ketones (excluding diaryl/α,β-unsaturated/α-hetero) is 1. The quantitative estimate of drug-likeness (QED) is 0.460. The van der Waals surface area contributed by atoms with Crippen LogP contribution in [-0.2, 0) is 23.2 Å². The monoisotopic (exact) mass is 501 g/mol. The number of aromatic nitrogens is 6. The summed E-state index contributed by atoms with van der Waals surface area (Å²) in [6.07, 6.45) is 14.7. The minimum absolute atomic E-state index is 0.0946. The van der Waals surface area contributed by atoms with E-state index in [1.807, 2.05) is 35.3 Å². The summed E-state index contributed by atoms with van der Waals surface area (Å²) in [6, 6.07) is 7.70. The van der Waals surface area contributed by atoms with Gasteiger partial charge in [0.1, 0.15) is 0 Å². The van der Waals surface area contributed by atoms with E-state index < -0.39 is 11.5 Å². The highest BCUT2D eigenvalue weighted by atomic mass is 16.2. The zero-order valence-corrected chi connectivity index (χ0v) is 21.6. The number of H-pyrrole nitrogens is 1. The SMILES string of the molecule is CCCCc1cn(C2C(=O)CCCCC2C)c(=O)n1CC1(c2cccc(-c3nn[nH]n3)c2)C=CN=CC1. The largest absolute Gasteiger partial charge is 0.329 e. The van der Waals surface area contributed by atoms with Crippen molar-refractivity contribution in [2.24, 2.45) is 10.9 Å². The Morgan fingerprint density at radius 3 is 2.86 bits per heavy atom. The van der Waals surface area contributed by atoms with Gasteiger partial charge in [-0.2, -0.15) is 5.21 Å². The molecule has 194 valence electrons. The average molecular weight is 502 g/mol. The molecule has 0 bridgehead atoms. The third kappa shape index (κ3) is 4.99. The van der Waals surface area contributed by atoms with Crippen LogP contribution < -0.4 is 5.69 Å². The molecule has 1 aliphatic carbocycles. The highest BCUT2D eigenvalue weighted by molar-refractivity contribution is 5.83. The number of hydrogen-bond acceptors (Lipinski definition) is 6. The summed E-state index contributed by atoms with van der Waals surface area (Å²) in [4.78, 5) is 31.5. The van der Waals surface area contributed by atoms with E-state index >= 15 is 0 Å². The first-order valence-corrected chi connectivity index (χ1v) is 13.4. The number of nitrogens with zero attached hydrogens (tertiary/aromatic N) is 6. The maximum absolute atomic E-state index is 14.0. The van der Waals surface area contributed by atoms with Crippen molar-refractivity contribution in [3.63, 3.8) is 0 Å². The number of hydrogen-bond donors (Lipinski definition) is 1. The summed E-state index contributed by atoms with van der Waals surface area (Å²) in [7, 11) is 0. The number of carbonyl (C=O) groups excluding carboxylic acids is 1. The summed E-state index contributed by atoms with van der Waals surface area (Å²) in [6.45, 7) is 4.72. The van der Waals surface area contributed by atoms with Crippen LogP contribution in [0.1, 0.15) is 76.1 Å². The number of aliphatic imine (C=N–C) groups is 1. The molecular formula is C28H35N7O2. The smallest absolute Gasteiger partial charge is 0.297 e. The van der Waals surface area contributed by atoms with Crippen molar-refractivity contribution in [1.82, 2.24) is 29.8 Å². The summed E-state index contributed by atoms with van der Waals surface area (Å²) < 4.78 is 3.65. The second-order valence-corrected chi connectivity index (χ2v) is 10.5. The van der Waals surface area contributed by atoms with Crippen LogP contribution in [0.4, 0.5) is 0 Å². The van der Waals surface area contributed by atoms with E-state index in [-0.39, 0.29) is 17.4 Å². The molecule has 3 atom stereocenters. The van der Waals surface area contributed by atoms with Crippen molar-refractivity contribution in [2.45, 2.75) is 83.2 Å². The van der Waals surface area contributed by atoms with Crippen molar-refractivity contribution in [3.05, 3.63) is 64.5 Å². The van der Waals surface area contributed by atoms with E-state index in [1.54, 1.807) is 4.57 Å². The lowest BCUT2D eigenvalue weighted by Crippen LogP contribution is -2.39. The topological polar surface area (TPSA) is 111 Å². The molecule has 2 aromatic heterocycles. The molecule has 37 heavy (non-hydrogen) atoms. The highest BCUT2D eigenvalue weighted by Gasteiger charge is 2.35. The predicted molar refractivity (Wildman–Crippen MR) is 143 cm³/mol. The summed E-state index contributed by atoms with van der Waals surface area (Å²) in [5.74, 6) is 0.849. The van der Waals surface area contributed by atoms with Crippen LogP contribution in [0.3, 0.4) is 0 Å². The molecule has 0 amide bonds. The van der Waals surface area contributed by atoms with E-state index in [0.29, 0.717) is 25.2 Å². The van der Waals surface area contributed by atoms with Crippen LogP contribution in [0.2, 0.25) is 0 Å². The van der Waals surface area contributed by atoms with Crippen molar-refractivity contribution in [1.29, 1.82) is 0 Å². The lowest BCUT2D eigenvalue weighted by Gasteiger charge is -2.32. The van der Waals surface area contributed by atoms with E-state index in [9.17, 15) is 9.59 Å². The number of tetrazole rings is 1. The second kappa shape index (κ2) is 10.8. The number of allylic oxidation sites excluding steroid dienone is 1. The molecule has 1 fully saturated rings. The number of aryl methyl sites for hydroxylation is 1. The molecule has 1 saturated carbocycles. The van der Waals surface area contributed by atoms with E-state index in [2.05, 4.69) is 57.7 Å². The van der Waals surface area contributed by atoms with Crippen LogP contribution in [0.25, 0.3) is 11.4 Å². The molecule has 0 radical (unpaired) electrons. The highest BCUT2D eigenvalue weighted by Crippen LogP contribution is 2.36. The Labute approximate surface area is 216 Å². The van der Waals surface area contributed by atoms with Crippen LogP contribution in [0, 0.1) is 5.92 Å². The Kier molecular flexibility index (Phi) is 7.30. The summed E-state index contributed by atoms with van der Waals surface area (Å²) in [5, 5.41) is 14.5. The van der Waals surface area contributed by atoms with Gasteiger partial charge in [0.2, 0.25) is 5.82 Å².